The Labute approximate surface area is 181 Å². The molecule has 30 heavy (non-hydrogen) atoms. The maximum atomic E-state index is 12.4. The van der Waals surface area contributed by atoms with Crippen molar-refractivity contribution in [1.82, 2.24) is 9.97 Å². The second kappa shape index (κ2) is 8.58. The number of para-hydroxylation sites is 1. The number of nitrogens with zero attached hydrogens (tertiary/aromatic N) is 2. The Balaban J connectivity index is 1.60. The first-order valence-corrected chi connectivity index (χ1v) is 11.0. The van der Waals surface area contributed by atoms with Crippen LogP contribution in [-0.4, -0.2) is 27.2 Å². The van der Waals surface area contributed by atoms with Gasteiger partial charge in [0.25, 0.3) is 0 Å². The third kappa shape index (κ3) is 4.89. The lowest BCUT2D eigenvalue weighted by atomic mass is 9.96. The monoisotopic (exact) mass is 419 g/mol. The number of hydrogen-bond acceptors (Lipinski definition) is 5. The molecule has 3 aromatic rings. The number of thioether (sulfide) groups is 1. The van der Waals surface area contributed by atoms with E-state index in [0.717, 1.165) is 27.5 Å². The van der Waals surface area contributed by atoms with Gasteiger partial charge in [-0.3, -0.25) is 4.79 Å². The van der Waals surface area contributed by atoms with Crippen molar-refractivity contribution < 1.29 is 9.53 Å². The van der Waals surface area contributed by atoms with Gasteiger partial charge >= 0.3 is 0 Å². The summed E-state index contributed by atoms with van der Waals surface area (Å²) in [7, 11) is 0. The molecule has 1 N–H and O–H groups in total. The van der Waals surface area contributed by atoms with Gasteiger partial charge in [-0.05, 0) is 32.9 Å². The zero-order valence-corrected chi connectivity index (χ0v) is 18.3. The molecule has 154 valence electrons. The van der Waals surface area contributed by atoms with Gasteiger partial charge in [0, 0.05) is 23.2 Å². The number of aryl methyl sites for hydroxylation is 1. The van der Waals surface area contributed by atoms with Crippen molar-refractivity contribution in [3.8, 4) is 11.4 Å². The highest BCUT2D eigenvalue weighted by atomic mass is 32.2. The molecular weight excluding hydrogens is 394 g/mol. The van der Waals surface area contributed by atoms with E-state index in [9.17, 15) is 4.79 Å². The molecule has 0 atom stereocenters. The molecule has 0 fully saturated rings. The van der Waals surface area contributed by atoms with Crippen LogP contribution >= 0.6 is 11.8 Å². The summed E-state index contributed by atoms with van der Waals surface area (Å²) >= 11 is 1.43. The summed E-state index contributed by atoms with van der Waals surface area (Å²) < 4.78 is 6.00. The lowest BCUT2D eigenvalue weighted by Crippen LogP contribution is -2.33. The largest absolute Gasteiger partial charge is 0.370 e. The molecule has 0 unspecified atom stereocenters. The van der Waals surface area contributed by atoms with Crippen LogP contribution in [0.2, 0.25) is 0 Å². The molecule has 0 spiro atoms. The van der Waals surface area contributed by atoms with E-state index in [1.54, 1.807) is 0 Å². The van der Waals surface area contributed by atoms with Crippen LogP contribution in [0.15, 0.2) is 59.6 Å². The summed E-state index contributed by atoms with van der Waals surface area (Å²) in [5.74, 6) is 0.902. The van der Waals surface area contributed by atoms with Gasteiger partial charge in [0.05, 0.1) is 23.7 Å². The van der Waals surface area contributed by atoms with Crippen molar-refractivity contribution in [2.24, 2.45) is 0 Å². The number of rotatable bonds is 5. The molecule has 2 heterocycles. The Bertz CT molecular complexity index is 1050. The minimum absolute atomic E-state index is 0.0625. The van der Waals surface area contributed by atoms with Crippen LogP contribution in [0.25, 0.3) is 11.4 Å². The first kappa shape index (κ1) is 20.6. The third-order valence-electron chi connectivity index (χ3n) is 4.96. The summed E-state index contributed by atoms with van der Waals surface area (Å²) in [4.78, 5) is 22.1. The summed E-state index contributed by atoms with van der Waals surface area (Å²) in [5.41, 5.74) is 4.68. The zero-order valence-electron chi connectivity index (χ0n) is 17.4. The predicted molar refractivity (Wildman–Crippen MR) is 121 cm³/mol. The molecule has 0 radical (unpaired) electrons. The van der Waals surface area contributed by atoms with E-state index in [0.29, 0.717) is 18.9 Å². The standard InChI is InChI=1S/C24H25N3O2S/c1-16-9-11-17(12-10-16)22-26-20-13-24(2,3)29-14-19(20)23(27-22)30-15-21(28)25-18-7-5-4-6-8-18/h4-12H,13-15H2,1-3H3,(H,25,28). The van der Waals surface area contributed by atoms with Gasteiger partial charge in [-0.2, -0.15) is 0 Å². The van der Waals surface area contributed by atoms with Crippen LogP contribution in [0.1, 0.15) is 30.7 Å². The van der Waals surface area contributed by atoms with Gasteiger partial charge < -0.3 is 10.1 Å². The number of benzene rings is 2. The van der Waals surface area contributed by atoms with Gasteiger partial charge in [-0.15, -0.1) is 0 Å². The predicted octanol–water partition coefficient (Wildman–Crippen LogP) is 5.03. The smallest absolute Gasteiger partial charge is 0.234 e. The average molecular weight is 420 g/mol. The lowest BCUT2D eigenvalue weighted by Gasteiger charge is -2.32. The van der Waals surface area contributed by atoms with E-state index >= 15 is 0 Å². The highest BCUT2D eigenvalue weighted by molar-refractivity contribution is 8.00. The molecule has 0 saturated carbocycles. The number of carbonyl (C=O) groups is 1. The van der Waals surface area contributed by atoms with Crippen molar-refractivity contribution >= 4 is 23.4 Å². The van der Waals surface area contributed by atoms with E-state index in [-0.39, 0.29) is 17.3 Å². The van der Waals surface area contributed by atoms with Crippen molar-refractivity contribution in [2.75, 3.05) is 11.1 Å². The Kier molecular flexibility index (Phi) is 5.88. The molecule has 1 amide bonds. The fraction of sp³-hybridized carbons (Fsp3) is 0.292. The van der Waals surface area contributed by atoms with E-state index in [4.69, 9.17) is 14.7 Å². The third-order valence-corrected chi connectivity index (χ3v) is 5.98. The van der Waals surface area contributed by atoms with E-state index in [1.807, 2.05) is 42.5 Å². The maximum Gasteiger partial charge on any atom is 0.234 e. The van der Waals surface area contributed by atoms with Gasteiger partial charge in [-0.25, -0.2) is 9.97 Å². The highest BCUT2D eigenvalue weighted by Crippen LogP contribution is 2.34. The number of carbonyl (C=O) groups excluding carboxylic acids is 1. The molecule has 1 aliphatic rings. The van der Waals surface area contributed by atoms with Crippen molar-refractivity contribution in [3.05, 3.63) is 71.4 Å². The number of nitrogens with one attached hydrogen (secondary N) is 1. The molecule has 2 aromatic carbocycles. The quantitative estimate of drug-likeness (QED) is 0.464. The number of hydrogen-bond donors (Lipinski definition) is 1. The number of aromatic nitrogens is 2. The fourth-order valence-corrected chi connectivity index (χ4v) is 4.17. The summed E-state index contributed by atoms with van der Waals surface area (Å²) in [6.07, 6.45) is 0.716. The van der Waals surface area contributed by atoms with Crippen LogP contribution in [-0.2, 0) is 22.6 Å². The molecule has 6 heteroatoms. The number of anilines is 1. The molecule has 1 aliphatic heterocycles. The van der Waals surface area contributed by atoms with Gasteiger partial charge in [0.1, 0.15) is 5.03 Å². The molecule has 1 aromatic heterocycles. The second-order valence-electron chi connectivity index (χ2n) is 8.07. The number of amides is 1. The van der Waals surface area contributed by atoms with Crippen LogP contribution in [0.4, 0.5) is 5.69 Å². The SMILES string of the molecule is Cc1ccc(-c2nc3c(c(SCC(=O)Nc4ccccc4)n2)COC(C)(C)C3)cc1. The first-order chi connectivity index (χ1) is 14.4. The molecule has 5 nitrogen and oxygen atoms in total. The van der Waals surface area contributed by atoms with Gasteiger partial charge in [0.2, 0.25) is 5.91 Å². The Morgan fingerprint density at radius 3 is 2.57 bits per heavy atom. The Morgan fingerprint density at radius 1 is 1.10 bits per heavy atom. The summed E-state index contributed by atoms with van der Waals surface area (Å²) in [6.45, 7) is 6.66. The summed E-state index contributed by atoms with van der Waals surface area (Å²) in [5, 5.41) is 3.74. The van der Waals surface area contributed by atoms with Crippen LogP contribution in [0.5, 0.6) is 0 Å². The number of fused-ring (bicyclic) bond motifs is 1. The molecule has 0 bridgehead atoms. The fourth-order valence-electron chi connectivity index (χ4n) is 3.32. The zero-order chi connectivity index (χ0) is 21.1. The minimum atomic E-state index is -0.265. The highest BCUT2D eigenvalue weighted by Gasteiger charge is 2.30. The molecular formula is C24H25N3O2S. The van der Waals surface area contributed by atoms with Gasteiger partial charge in [-0.1, -0.05) is 59.8 Å². The van der Waals surface area contributed by atoms with Crippen LogP contribution < -0.4 is 5.32 Å². The Hall–Kier alpha value is -2.70. The lowest BCUT2D eigenvalue weighted by molar-refractivity contribution is -0.113. The van der Waals surface area contributed by atoms with E-state index in [1.165, 1.54) is 17.3 Å². The molecule has 0 saturated heterocycles. The van der Waals surface area contributed by atoms with Crippen molar-refractivity contribution in [2.45, 2.75) is 44.4 Å². The second-order valence-corrected chi connectivity index (χ2v) is 9.04. The van der Waals surface area contributed by atoms with Crippen LogP contribution in [0.3, 0.4) is 0 Å². The Morgan fingerprint density at radius 2 is 1.83 bits per heavy atom. The topological polar surface area (TPSA) is 64.1 Å². The number of ether oxygens (including phenoxy) is 1. The maximum absolute atomic E-state index is 12.4. The average Bonchev–Trinajstić information content (AvgIpc) is 2.72. The van der Waals surface area contributed by atoms with Crippen LogP contribution in [0, 0.1) is 6.92 Å². The normalized spacial score (nSPS) is 14.8. The van der Waals surface area contributed by atoms with Gasteiger partial charge in [0.15, 0.2) is 5.82 Å². The first-order valence-electron chi connectivity index (χ1n) is 9.98. The van der Waals surface area contributed by atoms with E-state index in [2.05, 4.69) is 38.2 Å². The molecule has 0 aliphatic carbocycles. The minimum Gasteiger partial charge on any atom is -0.370 e. The molecule has 4 rings (SSSR count). The van der Waals surface area contributed by atoms with E-state index < -0.39 is 0 Å². The van der Waals surface area contributed by atoms with Crippen molar-refractivity contribution in [3.63, 3.8) is 0 Å². The van der Waals surface area contributed by atoms with Crippen molar-refractivity contribution in [1.29, 1.82) is 0 Å². The summed E-state index contributed by atoms with van der Waals surface area (Å²) in [6, 6.07) is 17.7.